The van der Waals surface area contributed by atoms with Crippen LogP contribution in [0.3, 0.4) is 0 Å². The van der Waals surface area contributed by atoms with Crippen molar-refractivity contribution in [2.45, 2.75) is 19.8 Å². The van der Waals surface area contributed by atoms with Crippen molar-refractivity contribution in [3.8, 4) is 6.07 Å². The van der Waals surface area contributed by atoms with Crippen LogP contribution >= 0.6 is 0 Å². The monoisotopic (exact) mass is 154 g/mol. The van der Waals surface area contributed by atoms with Crippen molar-refractivity contribution in [2.75, 3.05) is 19.6 Å². The van der Waals surface area contributed by atoms with E-state index >= 15 is 0 Å². The number of hydrogen-bond acceptors (Lipinski definition) is 3. The molecule has 0 saturated carbocycles. The fourth-order valence-electron chi connectivity index (χ4n) is 0.871. The summed E-state index contributed by atoms with van der Waals surface area (Å²) in [4.78, 5) is 12.1. The first-order valence-corrected chi connectivity index (χ1v) is 3.88. The smallest absolute Gasteiger partial charge is 0.121 e. The number of hydrogen-bond donors (Lipinski definition) is 0. The van der Waals surface area contributed by atoms with E-state index in [0.717, 1.165) is 25.9 Å². The first kappa shape index (κ1) is 10.1. The zero-order valence-corrected chi connectivity index (χ0v) is 6.92. The molecule has 0 N–H and O–H groups in total. The van der Waals surface area contributed by atoms with Crippen molar-refractivity contribution in [3.05, 3.63) is 0 Å². The van der Waals surface area contributed by atoms with Crippen molar-refractivity contribution in [2.24, 2.45) is 0 Å². The van der Waals surface area contributed by atoms with Crippen LogP contribution in [0.15, 0.2) is 0 Å². The molecule has 3 nitrogen and oxygen atoms in total. The molecule has 0 heterocycles. The summed E-state index contributed by atoms with van der Waals surface area (Å²) in [6.45, 7) is 4.50. The number of carbonyl (C=O) groups is 1. The zero-order valence-electron chi connectivity index (χ0n) is 6.92. The first-order valence-electron chi connectivity index (χ1n) is 3.88. The molecule has 0 spiro atoms. The van der Waals surface area contributed by atoms with Gasteiger partial charge >= 0.3 is 0 Å². The molecule has 0 atom stereocenters. The minimum atomic E-state index is 0.548. The Labute approximate surface area is 67.6 Å². The van der Waals surface area contributed by atoms with Gasteiger partial charge in [0.15, 0.2) is 0 Å². The Balaban J connectivity index is 3.42. The summed E-state index contributed by atoms with van der Waals surface area (Å²) in [5.74, 6) is 0. The van der Waals surface area contributed by atoms with E-state index < -0.39 is 0 Å². The van der Waals surface area contributed by atoms with Crippen molar-refractivity contribution in [1.82, 2.24) is 4.90 Å². The molecular formula is C8H14N2O. The molecule has 62 valence electrons. The predicted molar refractivity (Wildman–Crippen MR) is 43.0 cm³/mol. The maximum Gasteiger partial charge on any atom is 0.121 e. The van der Waals surface area contributed by atoms with Gasteiger partial charge in [-0.2, -0.15) is 5.26 Å². The number of carbonyl (C=O) groups excluding carboxylic acids is 1. The molecule has 0 aliphatic rings. The highest BCUT2D eigenvalue weighted by molar-refractivity contribution is 5.49. The van der Waals surface area contributed by atoms with Crippen LogP contribution in [0.25, 0.3) is 0 Å². The summed E-state index contributed by atoms with van der Waals surface area (Å²) >= 11 is 0. The van der Waals surface area contributed by atoms with Crippen molar-refractivity contribution >= 4 is 6.29 Å². The zero-order chi connectivity index (χ0) is 8.53. The highest BCUT2D eigenvalue weighted by Crippen LogP contribution is 1.91. The van der Waals surface area contributed by atoms with Crippen molar-refractivity contribution in [3.63, 3.8) is 0 Å². The fraction of sp³-hybridized carbons (Fsp3) is 0.750. The van der Waals surface area contributed by atoms with E-state index in [1.54, 1.807) is 0 Å². The van der Waals surface area contributed by atoms with E-state index in [1.165, 1.54) is 0 Å². The highest BCUT2D eigenvalue weighted by atomic mass is 16.1. The van der Waals surface area contributed by atoms with Crippen molar-refractivity contribution < 1.29 is 4.79 Å². The van der Waals surface area contributed by atoms with Gasteiger partial charge in [0.1, 0.15) is 6.29 Å². The molecule has 0 bridgehead atoms. The van der Waals surface area contributed by atoms with Gasteiger partial charge in [0.05, 0.1) is 6.07 Å². The van der Waals surface area contributed by atoms with Crippen LogP contribution in [0.2, 0.25) is 0 Å². The normalized spacial score (nSPS) is 9.55. The molecule has 11 heavy (non-hydrogen) atoms. The Kier molecular flexibility index (Phi) is 6.65. The Morgan fingerprint density at radius 1 is 1.55 bits per heavy atom. The fourth-order valence-corrected chi connectivity index (χ4v) is 0.871. The summed E-state index contributed by atoms with van der Waals surface area (Å²) in [5.41, 5.74) is 0. The third kappa shape index (κ3) is 5.56. The molecule has 0 unspecified atom stereocenters. The van der Waals surface area contributed by atoms with Crippen LogP contribution in [0.5, 0.6) is 0 Å². The van der Waals surface area contributed by atoms with Gasteiger partial charge in [0.2, 0.25) is 0 Å². The molecule has 0 amide bonds. The van der Waals surface area contributed by atoms with Crippen LogP contribution in [0.1, 0.15) is 19.8 Å². The van der Waals surface area contributed by atoms with Gasteiger partial charge in [-0.3, -0.25) is 0 Å². The van der Waals surface area contributed by atoms with Crippen LogP contribution in [0, 0.1) is 11.3 Å². The Morgan fingerprint density at radius 2 is 2.27 bits per heavy atom. The number of nitrogens with zero attached hydrogens (tertiary/aromatic N) is 2. The van der Waals surface area contributed by atoms with E-state index in [2.05, 4.69) is 11.0 Å². The SMILES string of the molecule is CCN(CCC#N)CCC=O. The number of nitriles is 1. The van der Waals surface area contributed by atoms with Crippen LogP contribution in [-0.2, 0) is 4.79 Å². The topological polar surface area (TPSA) is 44.1 Å². The summed E-state index contributed by atoms with van der Waals surface area (Å²) in [5, 5.41) is 8.29. The Morgan fingerprint density at radius 3 is 2.73 bits per heavy atom. The molecule has 0 aliphatic heterocycles. The van der Waals surface area contributed by atoms with Gasteiger partial charge < -0.3 is 9.69 Å². The minimum absolute atomic E-state index is 0.548. The van der Waals surface area contributed by atoms with Crippen molar-refractivity contribution in [1.29, 1.82) is 5.26 Å². The summed E-state index contributed by atoms with van der Waals surface area (Å²) in [6.07, 6.45) is 2.03. The quantitative estimate of drug-likeness (QED) is 0.532. The van der Waals surface area contributed by atoms with E-state index in [9.17, 15) is 4.79 Å². The van der Waals surface area contributed by atoms with Gasteiger partial charge in [-0.05, 0) is 6.54 Å². The lowest BCUT2D eigenvalue weighted by Crippen LogP contribution is -2.25. The number of aldehydes is 1. The van der Waals surface area contributed by atoms with Gasteiger partial charge in [0, 0.05) is 25.9 Å². The second-order valence-electron chi connectivity index (χ2n) is 2.30. The molecule has 0 aromatic heterocycles. The highest BCUT2D eigenvalue weighted by Gasteiger charge is 1.99. The van der Waals surface area contributed by atoms with Crippen LogP contribution in [-0.4, -0.2) is 30.8 Å². The lowest BCUT2D eigenvalue weighted by molar-refractivity contribution is -0.108. The average molecular weight is 154 g/mol. The molecular weight excluding hydrogens is 140 g/mol. The maximum atomic E-state index is 10.0. The molecule has 0 saturated heterocycles. The lowest BCUT2D eigenvalue weighted by Gasteiger charge is -2.16. The van der Waals surface area contributed by atoms with Gasteiger partial charge in [-0.25, -0.2) is 0 Å². The minimum Gasteiger partial charge on any atom is -0.303 e. The molecule has 0 rings (SSSR count). The third-order valence-electron chi connectivity index (χ3n) is 1.55. The second kappa shape index (κ2) is 7.23. The first-order chi connectivity index (χ1) is 5.35. The third-order valence-corrected chi connectivity index (χ3v) is 1.55. The Bertz CT molecular complexity index is 140. The lowest BCUT2D eigenvalue weighted by atomic mass is 10.3. The summed E-state index contributed by atoms with van der Waals surface area (Å²) in [7, 11) is 0. The predicted octanol–water partition coefficient (Wildman–Crippen LogP) is 0.811. The summed E-state index contributed by atoms with van der Waals surface area (Å²) < 4.78 is 0. The second-order valence-corrected chi connectivity index (χ2v) is 2.30. The molecule has 0 fully saturated rings. The maximum absolute atomic E-state index is 10.0. The van der Waals surface area contributed by atoms with E-state index in [0.29, 0.717) is 12.8 Å². The van der Waals surface area contributed by atoms with E-state index in [1.807, 2.05) is 6.92 Å². The number of rotatable bonds is 6. The average Bonchev–Trinajstić information content (AvgIpc) is 2.05. The van der Waals surface area contributed by atoms with E-state index in [4.69, 9.17) is 5.26 Å². The molecule has 0 aromatic carbocycles. The van der Waals surface area contributed by atoms with Gasteiger partial charge in [0.25, 0.3) is 0 Å². The summed E-state index contributed by atoms with van der Waals surface area (Å²) in [6, 6.07) is 2.08. The van der Waals surface area contributed by atoms with Gasteiger partial charge in [-0.1, -0.05) is 6.92 Å². The van der Waals surface area contributed by atoms with Crippen LogP contribution in [0.4, 0.5) is 0 Å². The molecule has 0 radical (unpaired) electrons. The standard InChI is InChI=1S/C8H14N2O/c1-2-10(6-3-5-9)7-4-8-11/h8H,2-4,6-7H2,1H3. The Hall–Kier alpha value is -0.880. The largest absolute Gasteiger partial charge is 0.303 e. The van der Waals surface area contributed by atoms with Crippen LogP contribution < -0.4 is 0 Å². The molecule has 3 heteroatoms. The molecule has 0 aliphatic carbocycles. The van der Waals surface area contributed by atoms with Gasteiger partial charge in [-0.15, -0.1) is 0 Å². The molecule has 0 aromatic rings. The van der Waals surface area contributed by atoms with E-state index in [-0.39, 0.29) is 0 Å².